The summed E-state index contributed by atoms with van der Waals surface area (Å²) < 4.78 is 37.3. The van der Waals surface area contributed by atoms with E-state index in [9.17, 15) is 23.2 Å². The van der Waals surface area contributed by atoms with E-state index in [1.165, 1.54) is 21.8 Å². The molecule has 0 spiro atoms. The summed E-state index contributed by atoms with van der Waals surface area (Å²) in [6.45, 7) is 8.95. The monoisotopic (exact) mass is 820 g/mol. The topological polar surface area (TPSA) is 149 Å². The van der Waals surface area contributed by atoms with E-state index in [4.69, 9.17) is 21.3 Å². The zero-order chi connectivity index (χ0) is 39.9. The van der Waals surface area contributed by atoms with Crippen molar-refractivity contribution in [2.24, 2.45) is 0 Å². The zero-order valence-electron chi connectivity index (χ0n) is 32.1. The second-order valence-corrected chi connectivity index (χ2v) is 16.2. The number of halogens is 3. The molecule has 0 aliphatic carbocycles. The lowest BCUT2D eigenvalue weighted by atomic mass is 10.0. The predicted octanol–water partition coefficient (Wildman–Crippen LogP) is 4.43. The highest BCUT2D eigenvalue weighted by Gasteiger charge is 2.40. The maximum atomic E-state index is 14.2. The lowest BCUT2D eigenvalue weighted by Crippen LogP contribution is -2.50. The van der Waals surface area contributed by atoms with Crippen LogP contribution in [-0.2, 0) is 9.53 Å². The van der Waals surface area contributed by atoms with Crippen molar-refractivity contribution >= 4 is 58.0 Å². The minimum Gasteiger partial charge on any atom is -0.374 e. The number of nitrogens with one attached hydrogen (secondary N) is 2. The summed E-state index contributed by atoms with van der Waals surface area (Å²) in [5.74, 6) is -0.107. The fourth-order valence-electron chi connectivity index (χ4n) is 8.91. The predicted molar refractivity (Wildman–Crippen MR) is 213 cm³/mol. The molecule has 4 amide bonds. The highest BCUT2D eigenvalue weighted by atomic mass is 35.5. The van der Waals surface area contributed by atoms with E-state index in [0.29, 0.717) is 29.5 Å². The molecule has 5 saturated heterocycles. The maximum Gasteiger partial charge on any atom is 0.328 e. The van der Waals surface area contributed by atoms with Crippen LogP contribution >= 0.6 is 11.6 Å². The molecule has 308 valence electrons. The van der Waals surface area contributed by atoms with Crippen LogP contribution in [0.15, 0.2) is 42.9 Å². The van der Waals surface area contributed by atoms with Gasteiger partial charge < -0.3 is 24.8 Å². The number of anilines is 4. The van der Waals surface area contributed by atoms with Crippen molar-refractivity contribution in [2.45, 2.75) is 63.1 Å². The smallest absolute Gasteiger partial charge is 0.328 e. The average molecular weight is 821 g/mol. The first-order chi connectivity index (χ1) is 28.2. The molecule has 1 aromatic carbocycles. The van der Waals surface area contributed by atoms with Crippen LogP contribution in [0, 0.1) is 0 Å². The number of urea groups is 1. The molecule has 5 aliphatic heterocycles. The van der Waals surface area contributed by atoms with Gasteiger partial charge in [-0.15, -0.1) is 0 Å². The van der Waals surface area contributed by atoms with Gasteiger partial charge in [0.05, 0.1) is 47.4 Å². The van der Waals surface area contributed by atoms with Crippen molar-refractivity contribution in [2.75, 3.05) is 92.1 Å². The van der Waals surface area contributed by atoms with E-state index in [1.54, 1.807) is 10.9 Å². The van der Waals surface area contributed by atoms with Gasteiger partial charge in [-0.3, -0.25) is 29.4 Å². The van der Waals surface area contributed by atoms with E-state index >= 15 is 0 Å². The molecule has 5 aliphatic rings. The molecule has 8 heterocycles. The van der Waals surface area contributed by atoms with Gasteiger partial charge in [0.2, 0.25) is 5.91 Å². The van der Waals surface area contributed by atoms with Crippen LogP contribution in [0.2, 0.25) is 5.02 Å². The van der Waals surface area contributed by atoms with Gasteiger partial charge in [0, 0.05) is 76.9 Å². The molecular formula is C39H47ClF2N12O4. The van der Waals surface area contributed by atoms with Crippen molar-refractivity contribution in [1.82, 2.24) is 39.5 Å². The number of rotatable bonds is 12. The Morgan fingerprint density at radius 3 is 2.48 bits per heavy atom. The second-order valence-electron chi connectivity index (χ2n) is 15.8. The number of carbonyl (C=O) groups excluding carboxylic acids is 3. The number of carbonyl (C=O) groups is 3. The third kappa shape index (κ3) is 7.94. The number of piperidine rings is 1. The molecule has 0 unspecified atom stereocenters. The molecule has 19 heteroatoms. The van der Waals surface area contributed by atoms with Gasteiger partial charge in [0.15, 0.2) is 11.3 Å². The molecule has 0 radical (unpaired) electrons. The summed E-state index contributed by atoms with van der Waals surface area (Å²) in [6, 6.07) is 7.34. The number of piperazine rings is 1. The number of alkyl halides is 2. The van der Waals surface area contributed by atoms with E-state index in [2.05, 4.69) is 40.4 Å². The molecular weight excluding hydrogens is 774 g/mol. The van der Waals surface area contributed by atoms with Gasteiger partial charge in [-0.05, 0) is 69.5 Å². The molecule has 4 aromatic rings. The Labute approximate surface area is 339 Å². The Kier molecular flexibility index (Phi) is 10.9. The van der Waals surface area contributed by atoms with Gasteiger partial charge in [-0.25, -0.2) is 23.1 Å². The van der Waals surface area contributed by atoms with Gasteiger partial charge in [0.25, 0.3) is 12.3 Å². The Bertz CT molecular complexity index is 2170. The second kappa shape index (κ2) is 16.4. The summed E-state index contributed by atoms with van der Waals surface area (Å²) in [7, 11) is 0. The lowest BCUT2D eigenvalue weighted by Gasteiger charge is -2.37. The first kappa shape index (κ1) is 38.6. The standard InChI is InChI=1S/C39H47ClF2N12O4/c40-30-4-3-26(20-32(30)51-13-8-34(55)46-39(51)57)50-17-15-49(16-18-50)10-2-1-9-48-11-5-25(6-12-48)54-23-31(35(47-54)36(41)42)44-38(56)29-21-43-53-14-7-33(45-37(29)53)52-22-28-19-27(52)24-58-28/h3-4,7,14,20-21,23,25,27-28,36H,1-2,5-6,8-13,15-19,22,24H2,(H,44,56)(H,46,55,57)/t27-,28-/m1/s1. The summed E-state index contributed by atoms with van der Waals surface area (Å²) in [5, 5.41) is 14.1. The van der Waals surface area contributed by atoms with Crippen LogP contribution < -0.4 is 25.3 Å². The number of fused-ring (bicyclic) bond motifs is 3. The number of benzene rings is 1. The minimum atomic E-state index is -2.85. The quantitative estimate of drug-likeness (QED) is 0.196. The first-order valence-electron chi connectivity index (χ1n) is 20.2. The van der Waals surface area contributed by atoms with Gasteiger partial charge in [0.1, 0.15) is 11.4 Å². The fraction of sp³-hybridized carbons (Fsp3) is 0.538. The highest BCUT2D eigenvalue weighted by molar-refractivity contribution is 6.34. The van der Waals surface area contributed by atoms with E-state index < -0.39 is 24.1 Å². The lowest BCUT2D eigenvalue weighted by molar-refractivity contribution is -0.120. The maximum absolute atomic E-state index is 14.2. The van der Waals surface area contributed by atoms with Crippen molar-refractivity contribution in [3.05, 3.63) is 59.1 Å². The molecule has 58 heavy (non-hydrogen) atoms. The summed E-state index contributed by atoms with van der Waals surface area (Å²) in [4.78, 5) is 53.2. The van der Waals surface area contributed by atoms with Crippen molar-refractivity contribution in [3.63, 3.8) is 0 Å². The SMILES string of the molecule is O=C1CCN(c2cc(N3CCN(CCCCN4CCC(n5cc(NC(=O)c6cnn7ccc(N8C[C@H]9C[C@@H]8CO9)nc67)c(C(F)F)n5)CC4)CC3)ccc2Cl)C(=O)N1. The van der Waals surface area contributed by atoms with E-state index in [-0.39, 0.29) is 41.8 Å². The van der Waals surface area contributed by atoms with Gasteiger partial charge >= 0.3 is 6.03 Å². The minimum absolute atomic E-state index is 0.00378. The number of aromatic nitrogens is 5. The molecule has 0 saturated carbocycles. The largest absolute Gasteiger partial charge is 0.374 e. The summed E-state index contributed by atoms with van der Waals surface area (Å²) in [6.07, 6.45) is 6.91. The average Bonchev–Trinajstić information content (AvgIpc) is 4.05. The molecule has 2 atom stereocenters. The van der Waals surface area contributed by atoms with Crippen LogP contribution in [0.25, 0.3) is 5.65 Å². The Hall–Kier alpha value is -4.91. The van der Waals surface area contributed by atoms with Crippen LogP contribution in [0.4, 0.5) is 36.5 Å². The van der Waals surface area contributed by atoms with Gasteiger partial charge in [-0.2, -0.15) is 10.2 Å². The first-order valence-corrected chi connectivity index (χ1v) is 20.6. The number of amides is 4. The number of likely N-dealkylation sites (tertiary alicyclic amines) is 1. The summed E-state index contributed by atoms with van der Waals surface area (Å²) in [5.41, 5.74) is 1.72. The number of morpholine rings is 1. The van der Waals surface area contributed by atoms with Crippen LogP contribution in [0.5, 0.6) is 0 Å². The van der Waals surface area contributed by atoms with Crippen LogP contribution in [-0.4, -0.2) is 136 Å². The zero-order valence-corrected chi connectivity index (χ0v) is 32.9. The van der Waals surface area contributed by atoms with Crippen LogP contribution in [0.1, 0.15) is 67.0 Å². The van der Waals surface area contributed by atoms with Gasteiger partial charge in [-0.1, -0.05) is 11.6 Å². The molecule has 5 fully saturated rings. The van der Waals surface area contributed by atoms with Crippen LogP contribution in [0.3, 0.4) is 0 Å². The number of nitrogens with zero attached hydrogens (tertiary/aromatic N) is 10. The molecule has 2 N–H and O–H groups in total. The van der Waals surface area contributed by atoms with E-state index in [0.717, 1.165) is 103 Å². The molecule has 16 nitrogen and oxygen atoms in total. The Balaban J connectivity index is 0.728. The number of hydrogen-bond acceptors (Lipinski definition) is 11. The van der Waals surface area contributed by atoms with Crippen molar-refractivity contribution < 1.29 is 27.9 Å². The fourth-order valence-corrected chi connectivity index (χ4v) is 9.13. The number of ether oxygens (including phenoxy) is 1. The number of imide groups is 1. The number of hydrogen-bond donors (Lipinski definition) is 2. The molecule has 9 rings (SSSR count). The third-order valence-electron chi connectivity index (χ3n) is 12.2. The third-order valence-corrected chi connectivity index (χ3v) is 12.5. The Morgan fingerprint density at radius 2 is 1.78 bits per heavy atom. The number of unbranched alkanes of at least 4 members (excludes halogenated alkanes) is 1. The summed E-state index contributed by atoms with van der Waals surface area (Å²) >= 11 is 6.45. The molecule has 3 aromatic heterocycles. The highest BCUT2D eigenvalue weighted by Crippen LogP contribution is 2.34. The molecule has 2 bridgehead atoms. The Morgan fingerprint density at radius 1 is 1.00 bits per heavy atom. The van der Waals surface area contributed by atoms with E-state index in [1.807, 2.05) is 24.3 Å². The van der Waals surface area contributed by atoms with Crippen molar-refractivity contribution in [3.8, 4) is 0 Å². The normalized spacial score (nSPS) is 22.2. The van der Waals surface area contributed by atoms with Crippen molar-refractivity contribution in [1.29, 1.82) is 0 Å².